The smallest absolute Gasteiger partial charge is 0.274 e. The number of aliphatic imine (C=N–C) groups is 1. The van der Waals surface area contributed by atoms with E-state index in [0.717, 1.165) is 6.42 Å². The highest BCUT2D eigenvalue weighted by atomic mass is 19.3. The number of ketones is 1. The summed E-state index contributed by atoms with van der Waals surface area (Å²) in [5.74, 6) is -0.259. The van der Waals surface area contributed by atoms with E-state index in [1.54, 1.807) is 48.5 Å². The first-order chi connectivity index (χ1) is 11.6. The predicted octanol–water partition coefficient (Wildman–Crippen LogP) is 6.07. The van der Waals surface area contributed by atoms with Crippen LogP contribution in [0.1, 0.15) is 42.1 Å². The monoisotopic (exact) mass is 327 g/mol. The lowest BCUT2D eigenvalue weighted by Crippen LogP contribution is -1.99. The van der Waals surface area contributed by atoms with Crippen molar-refractivity contribution in [2.45, 2.75) is 26.2 Å². The van der Waals surface area contributed by atoms with Crippen molar-refractivity contribution < 1.29 is 13.6 Å². The molecule has 0 aliphatic heterocycles. The number of para-hydroxylation sites is 1. The molecule has 0 fully saturated rings. The minimum Gasteiger partial charge on any atom is -0.288 e. The van der Waals surface area contributed by atoms with E-state index in [0.29, 0.717) is 23.2 Å². The Balaban J connectivity index is 2.30. The zero-order valence-corrected chi connectivity index (χ0v) is 13.5. The Labute approximate surface area is 140 Å². The topological polar surface area (TPSA) is 29.4 Å². The average Bonchev–Trinajstić information content (AvgIpc) is 2.61. The van der Waals surface area contributed by atoms with Crippen molar-refractivity contribution >= 4 is 23.3 Å². The highest BCUT2D eigenvalue weighted by Gasteiger charge is 2.13. The Morgan fingerprint density at radius 3 is 2.38 bits per heavy atom. The molecule has 0 saturated carbocycles. The molecule has 2 aromatic carbocycles. The number of unbranched alkanes of at least 4 members (excludes halogenated alkanes) is 1. The van der Waals surface area contributed by atoms with E-state index in [-0.39, 0.29) is 17.8 Å². The van der Waals surface area contributed by atoms with Crippen LogP contribution in [0.2, 0.25) is 0 Å². The number of allylic oxidation sites excluding steroid dienone is 1. The molecule has 2 aromatic rings. The SMILES string of the molecule is CCCCC(=C(F)F)c1ccccc1N=CC(=O)c1ccccc1. The fourth-order valence-corrected chi connectivity index (χ4v) is 2.33. The normalized spacial score (nSPS) is 10.8. The van der Waals surface area contributed by atoms with Gasteiger partial charge < -0.3 is 0 Å². The van der Waals surface area contributed by atoms with Crippen LogP contribution < -0.4 is 0 Å². The van der Waals surface area contributed by atoms with E-state index >= 15 is 0 Å². The van der Waals surface area contributed by atoms with Crippen LogP contribution in [0, 0.1) is 0 Å². The average molecular weight is 327 g/mol. The molecule has 124 valence electrons. The van der Waals surface area contributed by atoms with Gasteiger partial charge in [0.1, 0.15) is 0 Å². The summed E-state index contributed by atoms with van der Waals surface area (Å²) in [5.41, 5.74) is 1.26. The summed E-state index contributed by atoms with van der Waals surface area (Å²) >= 11 is 0. The molecule has 0 amide bonds. The molecule has 0 aliphatic rings. The first kappa shape index (κ1) is 17.7. The molecule has 0 aromatic heterocycles. The Hall–Kier alpha value is -2.62. The number of carbonyl (C=O) groups is 1. The number of hydrogen-bond acceptors (Lipinski definition) is 2. The van der Waals surface area contributed by atoms with E-state index < -0.39 is 6.08 Å². The summed E-state index contributed by atoms with van der Waals surface area (Å²) < 4.78 is 26.6. The van der Waals surface area contributed by atoms with E-state index in [4.69, 9.17) is 0 Å². The van der Waals surface area contributed by atoms with Crippen LogP contribution in [0.15, 0.2) is 65.7 Å². The van der Waals surface area contributed by atoms with Crippen LogP contribution in [0.4, 0.5) is 14.5 Å². The number of hydrogen-bond donors (Lipinski definition) is 0. The van der Waals surface area contributed by atoms with Gasteiger partial charge in [-0.3, -0.25) is 9.79 Å². The van der Waals surface area contributed by atoms with Gasteiger partial charge in [-0.15, -0.1) is 0 Å². The highest BCUT2D eigenvalue weighted by molar-refractivity contribution is 6.35. The molecule has 2 nitrogen and oxygen atoms in total. The maximum Gasteiger partial charge on any atom is 0.274 e. The number of Topliss-reactive ketones (excluding diaryl/α,β-unsaturated/α-hetero) is 1. The quantitative estimate of drug-likeness (QED) is 0.448. The largest absolute Gasteiger partial charge is 0.288 e. The van der Waals surface area contributed by atoms with Gasteiger partial charge in [0.15, 0.2) is 0 Å². The van der Waals surface area contributed by atoms with E-state index in [1.807, 2.05) is 13.0 Å². The van der Waals surface area contributed by atoms with Gasteiger partial charge in [0.25, 0.3) is 6.08 Å². The van der Waals surface area contributed by atoms with Crippen LogP contribution in [0.3, 0.4) is 0 Å². The second-order valence-corrected chi connectivity index (χ2v) is 5.35. The van der Waals surface area contributed by atoms with E-state index in [2.05, 4.69) is 4.99 Å². The van der Waals surface area contributed by atoms with Crippen molar-refractivity contribution in [3.8, 4) is 0 Å². The predicted molar refractivity (Wildman–Crippen MR) is 94.0 cm³/mol. The maximum atomic E-state index is 13.3. The Bertz CT molecular complexity index is 747. The van der Waals surface area contributed by atoms with Gasteiger partial charge in [0, 0.05) is 16.7 Å². The van der Waals surface area contributed by atoms with Gasteiger partial charge in [-0.2, -0.15) is 8.78 Å². The van der Waals surface area contributed by atoms with Crippen LogP contribution in [-0.2, 0) is 0 Å². The lowest BCUT2D eigenvalue weighted by atomic mass is 10.00. The molecule has 2 rings (SSSR count). The van der Waals surface area contributed by atoms with Crippen LogP contribution in [-0.4, -0.2) is 12.0 Å². The molecule has 0 saturated heterocycles. The Morgan fingerprint density at radius 2 is 1.71 bits per heavy atom. The van der Waals surface area contributed by atoms with E-state index in [9.17, 15) is 13.6 Å². The molecule has 0 aliphatic carbocycles. The van der Waals surface area contributed by atoms with Crippen molar-refractivity contribution in [2.24, 2.45) is 4.99 Å². The Morgan fingerprint density at radius 1 is 1.04 bits per heavy atom. The van der Waals surface area contributed by atoms with Crippen LogP contribution >= 0.6 is 0 Å². The molecule has 24 heavy (non-hydrogen) atoms. The highest BCUT2D eigenvalue weighted by Crippen LogP contribution is 2.33. The maximum absolute atomic E-state index is 13.3. The van der Waals surface area contributed by atoms with Gasteiger partial charge in [-0.1, -0.05) is 61.9 Å². The van der Waals surface area contributed by atoms with Gasteiger partial charge in [-0.05, 0) is 18.9 Å². The Kier molecular flexibility index (Phi) is 6.55. The molecule has 0 spiro atoms. The van der Waals surface area contributed by atoms with Crippen LogP contribution in [0.5, 0.6) is 0 Å². The molecular weight excluding hydrogens is 308 g/mol. The molecule has 0 heterocycles. The summed E-state index contributed by atoms with van der Waals surface area (Å²) in [4.78, 5) is 16.2. The number of halogens is 2. The lowest BCUT2D eigenvalue weighted by molar-refractivity contribution is 0.107. The molecule has 0 atom stereocenters. The van der Waals surface area contributed by atoms with Crippen LogP contribution in [0.25, 0.3) is 5.57 Å². The standard InChI is InChI=1S/C20H19F2NO/c1-2-3-11-17(20(21)22)16-12-7-8-13-18(16)23-14-19(24)15-9-5-4-6-10-15/h4-10,12-14H,2-3,11H2,1H3. The third kappa shape index (κ3) is 4.69. The molecule has 0 bridgehead atoms. The molecular formula is C20H19F2NO. The molecule has 0 N–H and O–H groups in total. The number of benzene rings is 2. The number of nitrogens with zero attached hydrogens (tertiary/aromatic N) is 1. The minimum absolute atomic E-state index is 0.00300. The molecule has 4 heteroatoms. The van der Waals surface area contributed by atoms with E-state index in [1.165, 1.54) is 6.21 Å². The first-order valence-corrected chi connectivity index (χ1v) is 7.90. The zero-order valence-electron chi connectivity index (χ0n) is 13.5. The van der Waals surface area contributed by atoms with Crippen molar-refractivity contribution in [1.82, 2.24) is 0 Å². The van der Waals surface area contributed by atoms with Crippen molar-refractivity contribution in [1.29, 1.82) is 0 Å². The first-order valence-electron chi connectivity index (χ1n) is 7.90. The van der Waals surface area contributed by atoms with Gasteiger partial charge in [0.05, 0.1) is 11.9 Å². The zero-order chi connectivity index (χ0) is 17.4. The van der Waals surface area contributed by atoms with Gasteiger partial charge in [-0.25, -0.2) is 0 Å². The van der Waals surface area contributed by atoms with Gasteiger partial charge >= 0.3 is 0 Å². The van der Waals surface area contributed by atoms with Gasteiger partial charge in [0.2, 0.25) is 5.78 Å². The van der Waals surface area contributed by atoms with Crippen molar-refractivity contribution in [2.75, 3.05) is 0 Å². The van der Waals surface area contributed by atoms with Crippen molar-refractivity contribution in [3.63, 3.8) is 0 Å². The fourth-order valence-electron chi connectivity index (χ4n) is 2.33. The fraction of sp³-hybridized carbons (Fsp3) is 0.200. The number of carbonyl (C=O) groups excluding carboxylic acids is 1. The summed E-state index contributed by atoms with van der Waals surface area (Å²) in [5, 5.41) is 0. The summed E-state index contributed by atoms with van der Waals surface area (Å²) in [6.45, 7) is 1.95. The summed E-state index contributed by atoms with van der Waals surface area (Å²) in [6.07, 6.45) is 1.28. The second kappa shape index (κ2) is 8.87. The summed E-state index contributed by atoms with van der Waals surface area (Å²) in [7, 11) is 0. The molecule has 0 unspecified atom stereocenters. The number of rotatable bonds is 7. The minimum atomic E-state index is -1.69. The third-order valence-corrected chi connectivity index (χ3v) is 3.62. The second-order valence-electron chi connectivity index (χ2n) is 5.35. The summed E-state index contributed by atoms with van der Waals surface area (Å²) in [6, 6.07) is 15.4. The lowest BCUT2D eigenvalue weighted by Gasteiger charge is -2.09. The van der Waals surface area contributed by atoms with Crippen molar-refractivity contribution in [3.05, 3.63) is 71.8 Å². The molecule has 0 radical (unpaired) electrons. The third-order valence-electron chi connectivity index (χ3n) is 3.62.